The Morgan fingerprint density at radius 2 is 1.90 bits per heavy atom. The van der Waals surface area contributed by atoms with Crippen LogP contribution in [-0.4, -0.2) is 18.3 Å². The third-order valence-corrected chi connectivity index (χ3v) is 3.77. The van der Waals surface area contributed by atoms with E-state index in [0.717, 1.165) is 43.2 Å². The molecular weight excluding hydrogens is 284 g/mol. The summed E-state index contributed by atoms with van der Waals surface area (Å²) in [5.74, 6) is -0.852. The Morgan fingerprint density at radius 3 is 2.50 bits per heavy atom. The van der Waals surface area contributed by atoms with Crippen LogP contribution in [0.1, 0.15) is 32.6 Å². The zero-order chi connectivity index (χ0) is 15.0. The first-order valence-electron chi connectivity index (χ1n) is 6.57. The molecule has 1 rings (SSSR count). The van der Waals surface area contributed by atoms with Crippen LogP contribution in [0.3, 0.4) is 0 Å². The van der Waals surface area contributed by atoms with E-state index in [9.17, 15) is 13.6 Å². The van der Waals surface area contributed by atoms with E-state index in [2.05, 4.69) is 0 Å². The molecule has 0 fully saturated rings. The van der Waals surface area contributed by atoms with Gasteiger partial charge in [0, 0.05) is 12.1 Å². The molecule has 0 aliphatic rings. The fourth-order valence-corrected chi connectivity index (χ4v) is 2.62. The summed E-state index contributed by atoms with van der Waals surface area (Å²) in [6.45, 7) is 2.16. The number of rotatable bonds is 8. The van der Waals surface area contributed by atoms with Gasteiger partial charge in [0.1, 0.15) is 11.6 Å². The fourth-order valence-electron chi connectivity index (χ4n) is 1.67. The second-order valence-corrected chi connectivity index (χ2v) is 5.38. The van der Waals surface area contributed by atoms with Gasteiger partial charge in [-0.2, -0.15) is 0 Å². The van der Waals surface area contributed by atoms with Gasteiger partial charge in [0.2, 0.25) is 0 Å². The van der Waals surface area contributed by atoms with Crippen molar-refractivity contribution in [3.8, 4) is 0 Å². The Hall–Kier alpha value is -1.30. The molecule has 0 radical (unpaired) electrons. The molecule has 0 aliphatic carbocycles. The second-order valence-electron chi connectivity index (χ2n) is 4.28. The largest absolute Gasteiger partial charge is 0.466 e. The number of hydrogen-bond acceptors (Lipinski definition) is 4. The Bertz CT molecular complexity index is 432. The van der Waals surface area contributed by atoms with Crippen LogP contribution in [-0.2, 0) is 9.53 Å². The van der Waals surface area contributed by atoms with Gasteiger partial charge in [-0.05, 0) is 37.7 Å². The lowest BCUT2D eigenvalue weighted by molar-refractivity contribution is -0.143. The predicted molar refractivity (Wildman–Crippen MR) is 76.6 cm³/mol. The molecule has 0 aromatic heterocycles. The maximum absolute atomic E-state index is 13.5. The molecule has 0 amide bonds. The fraction of sp³-hybridized carbons (Fsp3) is 0.500. The van der Waals surface area contributed by atoms with Gasteiger partial charge < -0.3 is 10.5 Å². The van der Waals surface area contributed by atoms with Crippen molar-refractivity contribution >= 4 is 23.4 Å². The van der Waals surface area contributed by atoms with Gasteiger partial charge in [-0.25, -0.2) is 8.78 Å². The van der Waals surface area contributed by atoms with Gasteiger partial charge >= 0.3 is 5.97 Å². The van der Waals surface area contributed by atoms with E-state index in [1.165, 1.54) is 0 Å². The molecule has 0 unspecified atom stereocenters. The molecule has 1 aromatic rings. The minimum atomic E-state index is -0.626. The monoisotopic (exact) mass is 303 g/mol. The van der Waals surface area contributed by atoms with Crippen LogP contribution in [0.4, 0.5) is 14.5 Å². The van der Waals surface area contributed by atoms with Crippen LogP contribution in [0.2, 0.25) is 0 Å². The highest BCUT2D eigenvalue weighted by Gasteiger charge is 2.10. The van der Waals surface area contributed by atoms with Crippen molar-refractivity contribution < 1.29 is 18.3 Å². The summed E-state index contributed by atoms with van der Waals surface area (Å²) in [6.07, 6.45) is 2.73. The molecule has 112 valence electrons. The molecule has 0 heterocycles. The lowest BCUT2D eigenvalue weighted by atomic mass is 10.2. The second kappa shape index (κ2) is 8.79. The van der Waals surface area contributed by atoms with Crippen LogP contribution in [0.25, 0.3) is 0 Å². The van der Waals surface area contributed by atoms with Gasteiger partial charge in [0.15, 0.2) is 0 Å². The molecule has 20 heavy (non-hydrogen) atoms. The molecule has 2 N–H and O–H groups in total. The standard InChI is InChI=1S/C14H19F2NO2S/c1-2-19-13(18)6-4-3-5-7-20-14-11(15)8-10(17)9-12(14)16/h8-9H,2-7,17H2,1H3. The number of esters is 1. The summed E-state index contributed by atoms with van der Waals surface area (Å²) in [7, 11) is 0. The smallest absolute Gasteiger partial charge is 0.305 e. The first-order valence-corrected chi connectivity index (χ1v) is 7.56. The molecule has 6 heteroatoms. The van der Waals surface area contributed by atoms with Gasteiger partial charge in [-0.1, -0.05) is 6.42 Å². The number of anilines is 1. The van der Waals surface area contributed by atoms with Crippen molar-refractivity contribution in [3.05, 3.63) is 23.8 Å². The number of nitrogen functional groups attached to an aromatic ring is 1. The van der Waals surface area contributed by atoms with Crippen LogP contribution in [0.15, 0.2) is 17.0 Å². The molecule has 0 bridgehead atoms. The predicted octanol–water partition coefficient (Wildman–Crippen LogP) is 3.76. The van der Waals surface area contributed by atoms with Gasteiger partial charge in [0.05, 0.1) is 11.5 Å². The molecule has 0 saturated carbocycles. The summed E-state index contributed by atoms with van der Waals surface area (Å²) in [4.78, 5) is 11.1. The lowest BCUT2D eigenvalue weighted by Crippen LogP contribution is -2.03. The lowest BCUT2D eigenvalue weighted by Gasteiger charge is -2.06. The highest BCUT2D eigenvalue weighted by atomic mass is 32.2. The summed E-state index contributed by atoms with van der Waals surface area (Å²) in [6, 6.07) is 2.23. The molecule has 0 atom stereocenters. The van der Waals surface area contributed by atoms with Crippen molar-refractivity contribution in [1.82, 2.24) is 0 Å². The Morgan fingerprint density at radius 1 is 1.25 bits per heavy atom. The number of carbonyl (C=O) groups is 1. The van der Waals surface area contributed by atoms with Gasteiger partial charge in [0.25, 0.3) is 0 Å². The first kappa shape index (κ1) is 16.8. The molecular formula is C14H19F2NO2S. The van der Waals surface area contributed by atoms with E-state index in [0.29, 0.717) is 18.8 Å². The quantitative estimate of drug-likeness (QED) is 0.344. The minimum absolute atomic E-state index is 0.00425. The number of hydrogen-bond donors (Lipinski definition) is 1. The van der Waals surface area contributed by atoms with E-state index in [1.54, 1.807) is 6.92 Å². The summed E-state index contributed by atoms with van der Waals surface area (Å²) < 4.78 is 31.8. The van der Waals surface area contributed by atoms with Crippen molar-refractivity contribution in [1.29, 1.82) is 0 Å². The zero-order valence-electron chi connectivity index (χ0n) is 11.5. The first-order chi connectivity index (χ1) is 9.54. The number of carbonyl (C=O) groups excluding carboxylic acids is 1. The van der Waals surface area contributed by atoms with Crippen molar-refractivity contribution in [2.75, 3.05) is 18.1 Å². The summed E-state index contributed by atoms with van der Waals surface area (Å²) in [5, 5.41) is 0. The van der Waals surface area contributed by atoms with E-state index in [4.69, 9.17) is 10.5 Å². The number of unbranched alkanes of at least 4 members (excludes halogenated alkanes) is 2. The molecule has 0 aliphatic heterocycles. The van der Waals surface area contributed by atoms with Gasteiger partial charge in [-0.15, -0.1) is 11.8 Å². The Kier molecular flexibility index (Phi) is 7.36. The van der Waals surface area contributed by atoms with E-state index in [1.807, 2.05) is 0 Å². The highest BCUT2D eigenvalue weighted by Crippen LogP contribution is 2.28. The average Bonchev–Trinajstić information content (AvgIpc) is 2.36. The maximum atomic E-state index is 13.5. The molecule has 3 nitrogen and oxygen atoms in total. The number of nitrogens with two attached hydrogens (primary N) is 1. The van der Waals surface area contributed by atoms with Crippen molar-refractivity contribution in [3.63, 3.8) is 0 Å². The summed E-state index contributed by atoms with van der Waals surface area (Å²) in [5.41, 5.74) is 5.42. The Balaban J connectivity index is 2.23. The number of ether oxygens (including phenoxy) is 1. The van der Waals surface area contributed by atoms with Crippen LogP contribution >= 0.6 is 11.8 Å². The van der Waals surface area contributed by atoms with Crippen LogP contribution in [0, 0.1) is 11.6 Å². The normalized spacial score (nSPS) is 10.6. The summed E-state index contributed by atoms with van der Waals surface area (Å²) >= 11 is 1.13. The third-order valence-electron chi connectivity index (χ3n) is 2.60. The zero-order valence-corrected chi connectivity index (χ0v) is 12.3. The molecule has 1 aromatic carbocycles. The maximum Gasteiger partial charge on any atom is 0.305 e. The molecule has 0 saturated heterocycles. The Labute approximate surface area is 121 Å². The highest BCUT2D eigenvalue weighted by molar-refractivity contribution is 7.99. The van der Waals surface area contributed by atoms with E-state index in [-0.39, 0.29) is 16.6 Å². The SMILES string of the molecule is CCOC(=O)CCCCCSc1c(F)cc(N)cc1F. The topological polar surface area (TPSA) is 52.3 Å². The number of benzene rings is 1. The van der Waals surface area contributed by atoms with Crippen LogP contribution < -0.4 is 5.73 Å². The van der Waals surface area contributed by atoms with Crippen molar-refractivity contribution in [2.24, 2.45) is 0 Å². The number of halogens is 2. The molecule has 0 spiro atoms. The van der Waals surface area contributed by atoms with E-state index >= 15 is 0 Å². The minimum Gasteiger partial charge on any atom is -0.466 e. The third kappa shape index (κ3) is 5.77. The van der Waals surface area contributed by atoms with Gasteiger partial charge in [-0.3, -0.25) is 4.79 Å². The average molecular weight is 303 g/mol. The van der Waals surface area contributed by atoms with Crippen LogP contribution in [0.5, 0.6) is 0 Å². The number of thioether (sulfide) groups is 1. The van der Waals surface area contributed by atoms with Crippen molar-refractivity contribution in [2.45, 2.75) is 37.5 Å². The van der Waals surface area contributed by atoms with E-state index < -0.39 is 11.6 Å².